The third-order valence-electron chi connectivity index (χ3n) is 7.57. The highest BCUT2D eigenvalue weighted by molar-refractivity contribution is 5.91. The van der Waals surface area contributed by atoms with Crippen LogP contribution in [0.2, 0.25) is 0 Å². The molecule has 3 heterocycles. The number of esters is 3. The molecular weight excluding hydrogens is 471 g/mol. The Morgan fingerprint density at radius 3 is 2.53 bits per heavy atom. The van der Waals surface area contributed by atoms with E-state index < -0.39 is 65.6 Å². The second kappa shape index (κ2) is 8.58. The van der Waals surface area contributed by atoms with Gasteiger partial charge in [0, 0.05) is 0 Å². The van der Waals surface area contributed by atoms with Gasteiger partial charge in [0.1, 0.15) is 35.4 Å². The van der Waals surface area contributed by atoms with Crippen LogP contribution in [0.5, 0.6) is 11.5 Å². The molecule has 2 bridgehead atoms. The summed E-state index contributed by atoms with van der Waals surface area (Å²) in [6, 6.07) is 12.3. The molecule has 3 saturated heterocycles. The molecule has 36 heavy (non-hydrogen) atoms. The van der Waals surface area contributed by atoms with E-state index in [-0.39, 0.29) is 11.3 Å². The maximum absolute atomic E-state index is 14.5. The summed E-state index contributed by atoms with van der Waals surface area (Å²) in [4.78, 5) is 38.6. The first kappa shape index (κ1) is 23.0. The third-order valence-corrected chi connectivity index (χ3v) is 7.57. The van der Waals surface area contributed by atoms with Crippen molar-refractivity contribution in [3.63, 3.8) is 0 Å². The van der Waals surface area contributed by atoms with Crippen molar-refractivity contribution in [1.82, 2.24) is 0 Å². The molecule has 1 aliphatic carbocycles. The van der Waals surface area contributed by atoms with Crippen LogP contribution in [0.4, 0.5) is 4.39 Å². The highest BCUT2D eigenvalue weighted by atomic mass is 19.1. The van der Waals surface area contributed by atoms with Crippen LogP contribution in [0.15, 0.2) is 48.5 Å². The van der Waals surface area contributed by atoms with Gasteiger partial charge in [0.25, 0.3) is 0 Å². The van der Waals surface area contributed by atoms with Crippen molar-refractivity contribution >= 4 is 17.9 Å². The van der Waals surface area contributed by atoms with Crippen LogP contribution in [0.1, 0.15) is 43.0 Å². The number of para-hydroxylation sites is 1. The third kappa shape index (κ3) is 3.82. The largest absolute Gasteiger partial charge is 0.484 e. The summed E-state index contributed by atoms with van der Waals surface area (Å²) in [5.41, 5.74) is -0.402. The first-order chi connectivity index (χ1) is 17.3. The van der Waals surface area contributed by atoms with Crippen molar-refractivity contribution in [3.05, 3.63) is 59.9 Å². The lowest BCUT2D eigenvalue weighted by molar-refractivity contribution is -0.149. The van der Waals surface area contributed by atoms with Gasteiger partial charge in [-0.15, -0.1) is 0 Å². The molecule has 2 aromatic rings. The van der Waals surface area contributed by atoms with Crippen molar-refractivity contribution in [3.8, 4) is 11.5 Å². The van der Waals surface area contributed by atoms with Crippen molar-refractivity contribution in [2.45, 2.75) is 62.6 Å². The molecule has 0 aromatic heterocycles. The Morgan fingerprint density at radius 2 is 1.78 bits per heavy atom. The summed E-state index contributed by atoms with van der Waals surface area (Å²) in [5, 5.41) is 0. The second-order valence-corrected chi connectivity index (χ2v) is 10.0. The summed E-state index contributed by atoms with van der Waals surface area (Å²) in [5.74, 6) is -4.04. The summed E-state index contributed by atoms with van der Waals surface area (Å²) >= 11 is 0. The first-order valence-corrected chi connectivity index (χ1v) is 12.2. The summed E-state index contributed by atoms with van der Waals surface area (Å²) < 4.78 is 42.9. The molecule has 188 valence electrons. The number of carbonyl (C=O) groups excluding carboxylic acids is 3. The standard InChI is InChI=1S/C27H25FO8/c1-27(11-5-6-12-27)36-17-13-14(9-10-16(17)28)24(29)34-22-20-18(19-21(33-20)23(22)35-26(19)31)25(30)32-15-7-3-2-4-8-15/h2-4,7-10,13,18-23H,5-6,11-12H2,1H3. The van der Waals surface area contributed by atoms with Gasteiger partial charge in [0.15, 0.2) is 23.8 Å². The topological polar surface area (TPSA) is 97.4 Å². The minimum Gasteiger partial charge on any atom is -0.484 e. The van der Waals surface area contributed by atoms with E-state index in [1.165, 1.54) is 12.1 Å². The van der Waals surface area contributed by atoms with Gasteiger partial charge >= 0.3 is 17.9 Å². The van der Waals surface area contributed by atoms with E-state index in [0.717, 1.165) is 31.7 Å². The van der Waals surface area contributed by atoms with Crippen LogP contribution in [0.3, 0.4) is 0 Å². The van der Waals surface area contributed by atoms with Crippen molar-refractivity contribution < 1.29 is 42.5 Å². The van der Waals surface area contributed by atoms with E-state index in [2.05, 4.69) is 0 Å². The number of carbonyl (C=O) groups is 3. The van der Waals surface area contributed by atoms with Gasteiger partial charge in [-0.05, 0) is 62.9 Å². The minimum absolute atomic E-state index is 0.0188. The Hall–Kier alpha value is -3.46. The minimum atomic E-state index is -1.000. The van der Waals surface area contributed by atoms with Gasteiger partial charge in [0.2, 0.25) is 0 Å². The van der Waals surface area contributed by atoms with Gasteiger partial charge in [-0.3, -0.25) is 9.59 Å². The van der Waals surface area contributed by atoms with Crippen LogP contribution in [-0.2, 0) is 23.8 Å². The molecule has 0 spiro atoms. The SMILES string of the molecule is CC1(Oc2cc(C(=O)OC3C4OC(=O)C5C4OC3C5C(=O)Oc3ccccc3)ccc2F)CCCC1. The van der Waals surface area contributed by atoms with Gasteiger partial charge in [0.05, 0.1) is 5.56 Å². The molecule has 4 fully saturated rings. The fourth-order valence-electron chi connectivity index (χ4n) is 5.80. The predicted molar refractivity (Wildman–Crippen MR) is 121 cm³/mol. The van der Waals surface area contributed by atoms with Gasteiger partial charge in [-0.1, -0.05) is 18.2 Å². The first-order valence-electron chi connectivity index (χ1n) is 12.2. The zero-order chi connectivity index (χ0) is 25.0. The summed E-state index contributed by atoms with van der Waals surface area (Å²) in [6.07, 6.45) is 0.189. The molecular formula is C27H25FO8. The molecule has 9 heteroatoms. The number of halogens is 1. The quantitative estimate of drug-likeness (QED) is 0.442. The lowest BCUT2D eigenvalue weighted by Crippen LogP contribution is -2.48. The number of fused-ring (bicyclic) bond motifs is 1. The Kier molecular flexibility index (Phi) is 5.48. The Balaban J connectivity index is 1.20. The zero-order valence-electron chi connectivity index (χ0n) is 19.6. The maximum atomic E-state index is 14.5. The van der Waals surface area contributed by atoms with E-state index in [1.807, 2.05) is 6.92 Å². The lowest BCUT2D eigenvalue weighted by atomic mass is 9.78. The van der Waals surface area contributed by atoms with Gasteiger partial charge < -0.3 is 23.7 Å². The second-order valence-electron chi connectivity index (χ2n) is 10.0. The van der Waals surface area contributed by atoms with Crippen LogP contribution >= 0.6 is 0 Å². The molecule has 3 aliphatic heterocycles. The summed E-state index contributed by atoms with van der Waals surface area (Å²) in [6.45, 7) is 1.93. The van der Waals surface area contributed by atoms with Crippen LogP contribution in [-0.4, -0.2) is 47.9 Å². The molecule has 0 amide bonds. The molecule has 6 unspecified atom stereocenters. The fourth-order valence-corrected chi connectivity index (χ4v) is 5.80. The molecule has 2 aromatic carbocycles. The molecule has 4 aliphatic rings. The van der Waals surface area contributed by atoms with Crippen LogP contribution in [0.25, 0.3) is 0 Å². The number of hydrogen-bond acceptors (Lipinski definition) is 8. The normalized spacial score (nSPS) is 31.2. The van der Waals surface area contributed by atoms with Crippen molar-refractivity contribution in [2.24, 2.45) is 11.8 Å². The highest BCUT2D eigenvalue weighted by Crippen LogP contribution is 2.51. The predicted octanol–water partition coefficient (Wildman–Crippen LogP) is 3.61. The highest BCUT2D eigenvalue weighted by Gasteiger charge is 2.72. The lowest BCUT2D eigenvalue weighted by Gasteiger charge is -2.27. The zero-order valence-corrected chi connectivity index (χ0v) is 19.6. The van der Waals surface area contributed by atoms with E-state index in [9.17, 15) is 18.8 Å². The monoisotopic (exact) mass is 496 g/mol. The molecule has 0 N–H and O–H groups in total. The molecule has 8 nitrogen and oxygen atoms in total. The fraction of sp³-hybridized carbons (Fsp3) is 0.444. The molecule has 6 rings (SSSR count). The van der Waals surface area contributed by atoms with Crippen LogP contribution in [0, 0.1) is 17.7 Å². The van der Waals surface area contributed by atoms with Crippen molar-refractivity contribution in [1.29, 1.82) is 0 Å². The summed E-state index contributed by atoms with van der Waals surface area (Å²) in [7, 11) is 0. The smallest absolute Gasteiger partial charge is 0.338 e. The molecule has 6 atom stereocenters. The number of ether oxygens (including phenoxy) is 5. The van der Waals surface area contributed by atoms with Gasteiger partial charge in [-0.25, -0.2) is 9.18 Å². The van der Waals surface area contributed by atoms with E-state index in [4.69, 9.17) is 23.7 Å². The van der Waals surface area contributed by atoms with E-state index in [0.29, 0.717) is 5.75 Å². The van der Waals surface area contributed by atoms with Crippen LogP contribution < -0.4 is 9.47 Å². The Morgan fingerprint density at radius 1 is 1.03 bits per heavy atom. The van der Waals surface area contributed by atoms with Gasteiger partial charge in [-0.2, -0.15) is 0 Å². The molecule has 0 radical (unpaired) electrons. The number of benzene rings is 2. The number of hydrogen-bond donors (Lipinski definition) is 0. The maximum Gasteiger partial charge on any atom is 0.338 e. The average molecular weight is 496 g/mol. The van der Waals surface area contributed by atoms with E-state index >= 15 is 0 Å². The van der Waals surface area contributed by atoms with E-state index in [1.54, 1.807) is 30.3 Å². The Labute approximate surface area is 206 Å². The van der Waals surface area contributed by atoms with Crippen molar-refractivity contribution in [2.75, 3.05) is 0 Å². The molecule has 1 saturated carbocycles. The number of rotatable bonds is 6. The Bertz CT molecular complexity index is 1210. The average Bonchev–Trinajstić information content (AvgIpc) is 3.59.